The van der Waals surface area contributed by atoms with Gasteiger partial charge in [-0.1, -0.05) is 18.2 Å². The molecule has 1 atom stereocenters. The van der Waals surface area contributed by atoms with Crippen LogP contribution in [0.25, 0.3) is 10.6 Å². The molecule has 0 spiro atoms. The van der Waals surface area contributed by atoms with E-state index in [2.05, 4.69) is 41.1 Å². The first-order valence-corrected chi connectivity index (χ1v) is 10.5. The van der Waals surface area contributed by atoms with Gasteiger partial charge in [-0.3, -0.25) is 4.79 Å². The Morgan fingerprint density at radius 2 is 2.00 bits per heavy atom. The number of methoxy groups -OCH3 is 1. The Bertz CT molecular complexity index is 965. The predicted molar refractivity (Wildman–Crippen MR) is 115 cm³/mol. The number of ketones is 1. The van der Waals surface area contributed by atoms with Crippen LogP contribution in [0, 0.1) is 0 Å². The van der Waals surface area contributed by atoms with E-state index in [1.54, 1.807) is 7.11 Å². The van der Waals surface area contributed by atoms with Crippen LogP contribution in [-0.2, 0) is 6.42 Å². The highest BCUT2D eigenvalue weighted by Crippen LogP contribution is 2.31. The van der Waals surface area contributed by atoms with Crippen molar-refractivity contribution in [3.8, 4) is 16.3 Å². The van der Waals surface area contributed by atoms with Gasteiger partial charge in [-0.05, 0) is 55.7 Å². The fraction of sp³-hybridized carbons (Fsp3) is 0.304. The maximum absolute atomic E-state index is 12.7. The summed E-state index contributed by atoms with van der Waals surface area (Å²) in [4.78, 5) is 19.6. The maximum atomic E-state index is 12.7. The molecule has 1 aromatic heterocycles. The van der Waals surface area contributed by atoms with Crippen molar-refractivity contribution in [3.05, 3.63) is 65.2 Å². The quantitative estimate of drug-likeness (QED) is 0.516. The minimum atomic E-state index is 0.121. The molecule has 1 unspecified atom stereocenters. The van der Waals surface area contributed by atoms with Gasteiger partial charge in [0.15, 0.2) is 5.78 Å². The van der Waals surface area contributed by atoms with Crippen LogP contribution in [0.2, 0.25) is 0 Å². The molecule has 28 heavy (non-hydrogen) atoms. The lowest BCUT2D eigenvalue weighted by molar-refractivity contribution is 0.0973. The van der Waals surface area contributed by atoms with E-state index in [4.69, 9.17) is 4.74 Å². The number of Topliss-reactive ketones (excluding diaryl/α,β-unsaturated/α-hetero) is 1. The topological polar surface area (TPSA) is 42.4 Å². The largest absolute Gasteiger partial charge is 0.497 e. The molecule has 5 heteroatoms. The SMILES string of the molecule is COc1ccc(-c2nc(C(=O)CCC(C)N3CCc4ccccc43)cs2)cc1. The Balaban J connectivity index is 1.37. The molecule has 1 aliphatic heterocycles. The maximum Gasteiger partial charge on any atom is 0.182 e. The summed E-state index contributed by atoms with van der Waals surface area (Å²) in [6, 6.07) is 16.7. The third kappa shape index (κ3) is 3.80. The number of rotatable bonds is 7. The highest BCUT2D eigenvalue weighted by Gasteiger charge is 2.23. The fourth-order valence-electron chi connectivity index (χ4n) is 3.71. The second-order valence-corrected chi connectivity index (χ2v) is 8.01. The van der Waals surface area contributed by atoms with E-state index in [1.807, 2.05) is 29.6 Å². The van der Waals surface area contributed by atoms with Gasteiger partial charge in [-0.2, -0.15) is 0 Å². The van der Waals surface area contributed by atoms with Crippen LogP contribution in [0.4, 0.5) is 5.69 Å². The number of ether oxygens (including phenoxy) is 1. The smallest absolute Gasteiger partial charge is 0.182 e. The summed E-state index contributed by atoms with van der Waals surface area (Å²) < 4.78 is 5.19. The van der Waals surface area contributed by atoms with E-state index in [1.165, 1.54) is 22.6 Å². The minimum Gasteiger partial charge on any atom is -0.497 e. The van der Waals surface area contributed by atoms with Crippen LogP contribution in [-0.4, -0.2) is 30.5 Å². The summed E-state index contributed by atoms with van der Waals surface area (Å²) in [6.07, 6.45) is 2.44. The number of hydrogen-bond acceptors (Lipinski definition) is 5. The van der Waals surface area contributed by atoms with Gasteiger partial charge in [-0.15, -0.1) is 11.3 Å². The van der Waals surface area contributed by atoms with Gasteiger partial charge >= 0.3 is 0 Å². The van der Waals surface area contributed by atoms with E-state index in [0.717, 1.165) is 35.7 Å². The Hall–Kier alpha value is -2.66. The molecule has 4 nitrogen and oxygen atoms in total. The van der Waals surface area contributed by atoms with Crippen molar-refractivity contribution in [2.24, 2.45) is 0 Å². The van der Waals surface area contributed by atoms with Crippen LogP contribution in [0.15, 0.2) is 53.9 Å². The van der Waals surface area contributed by atoms with Crippen molar-refractivity contribution in [1.29, 1.82) is 0 Å². The molecular formula is C23H24N2O2S. The van der Waals surface area contributed by atoms with Gasteiger partial charge in [0.05, 0.1) is 7.11 Å². The lowest BCUT2D eigenvalue weighted by atomic mass is 10.1. The molecule has 0 bridgehead atoms. The normalized spacial score (nSPS) is 14.0. The first-order valence-electron chi connectivity index (χ1n) is 9.63. The summed E-state index contributed by atoms with van der Waals surface area (Å²) in [5.41, 5.74) is 4.30. The van der Waals surface area contributed by atoms with Gasteiger partial charge in [0.1, 0.15) is 16.5 Å². The molecule has 2 aromatic carbocycles. The summed E-state index contributed by atoms with van der Waals surface area (Å²) in [7, 11) is 1.65. The van der Waals surface area contributed by atoms with Crippen LogP contribution in [0.5, 0.6) is 5.75 Å². The first-order chi connectivity index (χ1) is 13.7. The third-order valence-electron chi connectivity index (χ3n) is 5.37. The van der Waals surface area contributed by atoms with Crippen molar-refractivity contribution in [2.45, 2.75) is 32.2 Å². The van der Waals surface area contributed by atoms with Gasteiger partial charge < -0.3 is 9.64 Å². The first kappa shape index (κ1) is 18.7. The minimum absolute atomic E-state index is 0.121. The van der Waals surface area contributed by atoms with Gasteiger partial charge in [0.2, 0.25) is 0 Å². The number of fused-ring (bicyclic) bond motifs is 1. The molecule has 144 valence electrons. The average Bonchev–Trinajstić information content (AvgIpc) is 3.39. The van der Waals surface area contributed by atoms with Crippen molar-refractivity contribution in [1.82, 2.24) is 4.98 Å². The molecule has 0 saturated carbocycles. The van der Waals surface area contributed by atoms with Crippen molar-refractivity contribution >= 4 is 22.8 Å². The molecule has 0 saturated heterocycles. The van der Waals surface area contributed by atoms with E-state index >= 15 is 0 Å². The van der Waals surface area contributed by atoms with E-state index in [-0.39, 0.29) is 5.78 Å². The Morgan fingerprint density at radius 1 is 1.21 bits per heavy atom. The lowest BCUT2D eigenvalue weighted by Gasteiger charge is -2.27. The number of thiazole rings is 1. The molecule has 4 rings (SSSR count). The molecular weight excluding hydrogens is 368 g/mol. The van der Waals surface area contributed by atoms with E-state index < -0.39 is 0 Å². The molecule has 0 amide bonds. The number of benzene rings is 2. The standard InChI is InChI=1S/C23H24N2O2S/c1-16(25-14-13-17-5-3-4-6-21(17)25)7-12-22(26)20-15-28-23(24-20)18-8-10-19(27-2)11-9-18/h3-6,8-11,15-16H,7,12-14H2,1-2H3. The molecule has 0 aliphatic carbocycles. The van der Waals surface area contributed by atoms with Gasteiger partial charge in [0, 0.05) is 35.6 Å². The van der Waals surface area contributed by atoms with Crippen molar-refractivity contribution in [3.63, 3.8) is 0 Å². The number of para-hydroxylation sites is 1. The Kier molecular flexibility index (Phi) is 5.44. The van der Waals surface area contributed by atoms with Crippen LogP contribution < -0.4 is 9.64 Å². The zero-order valence-corrected chi connectivity index (χ0v) is 17.0. The third-order valence-corrected chi connectivity index (χ3v) is 6.26. The summed E-state index contributed by atoms with van der Waals surface area (Å²) in [6.45, 7) is 3.24. The summed E-state index contributed by atoms with van der Waals surface area (Å²) >= 11 is 1.51. The highest BCUT2D eigenvalue weighted by atomic mass is 32.1. The number of carbonyl (C=O) groups excluding carboxylic acids is 1. The van der Waals surface area contributed by atoms with Crippen molar-refractivity contribution < 1.29 is 9.53 Å². The number of nitrogens with zero attached hydrogens (tertiary/aromatic N) is 2. The van der Waals surface area contributed by atoms with Gasteiger partial charge in [0.25, 0.3) is 0 Å². The van der Waals surface area contributed by atoms with Crippen LogP contribution in [0.1, 0.15) is 35.8 Å². The molecule has 0 fully saturated rings. The molecule has 1 aliphatic rings. The second kappa shape index (κ2) is 8.15. The average molecular weight is 393 g/mol. The van der Waals surface area contributed by atoms with E-state index in [0.29, 0.717) is 18.2 Å². The summed E-state index contributed by atoms with van der Waals surface area (Å²) in [5.74, 6) is 0.935. The van der Waals surface area contributed by atoms with Crippen LogP contribution >= 0.6 is 11.3 Å². The molecule has 2 heterocycles. The molecule has 0 N–H and O–H groups in total. The molecule has 3 aromatic rings. The number of anilines is 1. The number of carbonyl (C=O) groups is 1. The van der Waals surface area contributed by atoms with Crippen molar-refractivity contribution in [2.75, 3.05) is 18.6 Å². The number of hydrogen-bond donors (Lipinski definition) is 0. The zero-order valence-electron chi connectivity index (χ0n) is 16.2. The van der Waals surface area contributed by atoms with Crippen LogP contribution in [0.3, 0.4) is 0 Å². The van der Waals surface area contributed by atoms with Gasteiger partial charge in [-0.25, -0.2) is 4.98 Å². The zero-order chi connectivity index (χ0) is 19.5. The number of aromatic nitrogens is 1. The summed E-state index contributed by atoms with van der Waals surface area (Å²) in [5, 5.41) is 2.74. The predicted octanol–water partition coefficient (Wildman–Crippen LogP) is 5.23. The van der Waals surface area contributed by atoms with E-state index in [9.17, 15) is 4.79 Å². The molecule has 0 radical (unpaired) electrons. The monoisotopic (exact) mass is 392 g/mol. The lowest BCUT2D eigenvalue weighted by Crippen LogP contribution is -2.31. The Morgan fingerprint density at radius 3 is 2.79 bits per heavy atom. The Labute approximate surface area is 169 Å². The second-order valence-electron chi connectivity index (χ2n) is 7.15. The highest BCUT2D eigenvalue weighted by molar-refractivity contribution is 7.13. The fourth-order valence-corrected chi connectivity index (χ4v) is 4.54.